The summed E-state index contributed by atoms with van der Waals surface area (Å²) in [6, 6.07) is 15.8. The summed E-state index contributed by atoms with van der Waals surface area (Å²) >= 11 is 1.95. The molecule has 3 aromatic carbocycles. The van der Waals surface area contributed by atoms with E-state index in [-0.39, 0.29) is 10.8 Å². The number of rotatable bonds is 2. The van der Waals surface area contributed by atoms with Crippen molar-refractivity contribution in [2.75, 3.05) is 0 Å². The summed E-state index contributed by atoms with van der Waals surface area (Å²) in [5.41, 5.74) is 5.54. The lowest BCUT2D eigenvalue weighted by Gasteiger charge is -2.28. The van der Waals surface area contributed by atoms with Crippen LogP contribution in [-0.4, -0.2) is 0 Å². The molecule has 5 aromatic rings. The minimum atomic E-state index is 0.142. The number of aromatic nitrogens is 1. The van der Waals surface area contributed by atoms with Gasteiger partial charge in [0.05, 0.1) is 10.9 Å². The van der Waals surface area contributed by atoms with Gasteiger partial charge in [-0.3, -0.25) is 0 Å². The van der Waals surface area contributed by atoms with E-state index >= 15 is 0 Å². The summed E-state index contributed by atoms with van der Waals surface area (Å²) in [5, 5.41) is 6.47. The average molecular weight is 495 g/mol. The largest absolute Gasteiger partial charge is 0.455 e. The molecule has 36 heavy (non-hydrogen) atoms. The van der Waals surface area contributed by atoms with Gasteiger partial charge < -0.3 is 4.74 Å². The van der Waals surface area contributed by atoms with E-state index in [1.165, 1.54) is 58.9 Å². The normalized spacial score (nSPS) is 13.4. The Morgan fingerprint density at radius 3 is 2.25 bits per heavy atom. The highest BCUT2D eigenvalue weighted by Crippen LogP contribution is 2.53. The van der Waals surface area contributed by atoms with Crippen LogP contribution in [0.1, 0.15) is 57.5 Å². The van der Waals surface area contributed by atoms with Crippen molar-refractivity contribution < 1.29 is 9.30 Å². The fourth-order valence-electron chi connectivity index (χ4n) is 5.93. The molecule has 0 saturated heterocycles. The van der Waals surface area contributed by atoms with Crippen molar-refractivity contribution in [2.24, 2.45) is 17.9 Å². The van der Waals surface area contributed by atoms with E-state index in [4.69, 9.17) is 4.74 Å². The van der Waals surface area contributed by atoms with Gasteiger partial charge in [-0.2, -0.15) is 0 Å². The van der Waals surface area contributed by atoms with Crippen molar-refractivity contribution >= 4 is 43.0 Å². The quantitative estimate of drug-likeness (QED) is 0.219. The van der Waals surface area contributed by atoms with Gasteiger partial charge in [-0.15, -0.1) is 11.3 Å². The number of benzene rings is 3. The topological polar surface area (TPSA) is 13.1 Å². The molecule has 6 rings (SSSR count). The molecular weight excluding hydrogens is 458 g/mol. The first-order valence-electron chi connectivity index (χ1n) is 13.0. The molecule has 0 aliphatic carbocycles. The Bertz CT molecular complexity index is 1690. The van der Waals surface area contributed by atoms with Crippen LogP contribution < -0.4 is 9.30 Å². The van der Waals surface area contributed by atoms with Crippen molar-refractivity contribution in [3.63, 3.8) is 0 Å². The van der Waals surface area contributed by atoms with Gasteiger partial charge in [0.25, 0.3) is 0 Å². The summed E-state index contributed by atoms with van der Waals surface area (Å²) < 4.78 is 10.6. The Kier molecular flexibility index (Phi) is 5.08. The zero-order chi connectivity index (χ0) is 25.6. The van der Waals surface area contributed by atoms with Crippen LogP contribution >= 0.6 is 11.3 Å². The van der Waals surface area contributed by atoms with Crippen LogP contribution in [0.25, 0.3) is 42.9 Å². The van der Waals surface area contributed by atoms with Crippen LogP contribution in [0.15, 0.2) is 48.7 Å². The SMILES string of the molecule is Cc1c2c(c(CC(C)(C)C)c3ccccc13)Oc1cc3cc(CC(C)(C)C)sc3c3cc[n+](C)c-2c13. The van der Waals surface area contributed by atoms with E-state index in [1.807, 2.05) is 11.3 Å². The van der Waals surface area contributed by atoms with Crippen LogP contribution in [0.3, 0.4) is 0 Å². The molecule has 0 fully saturated rings. The molecule has 0 saturated carbocycles. The molecule has 0 atom stereocenters. The molecule has 0 bridgehead atoms. The molecule has 3 heteroatoms. The zero-order valence-electron chi connectivity index (χ0n) is 22.8. The number of hydrogen-bond donors (Lipinski definition) is 0. The summed E-state index contributed by atoms with van der Waals surface area (Å²) in [6.07, 6.45) is 4.27. The number of hydrogen-bond acceptors (Lipinski definition) is 2. The third-order valence-electron chi connectivity index (χ3n) is 7.31. The van der Waals surface area contributed by atoms with Gasteiger partial charge in [0.1, 0.15) is 18.5 Å². The second-order valence-electron chi connectivity index (χ2n) is 13.0. The Hall–Kier alpha value is -2.91. The molecule has 0 radical (unpaired) electrons. The molecule has 184 valence electrons. The zero-order valence-corrected chi connectivity index (χ0v) is 23.6. The molecule has 0 N–H and O–H groups in total. The Morgan fingerprint density at radius 1 is 0.861 bits per heavy atom. The van der Waals surface area contributed by atoms with Crippen LogP contribution in [0, 0.1) is 17.8 Å². The highest BCUT2D eigenvalue weighted by atomic mass is 32.1. The minimum absolute atomic E-state index is 0.142. The molecule has 1 aliphatic heterocycles. The second kappa shape index (κ2) is 7.79. The van der Waals surface area contributed by atoms with Crippen LogP contribution in [0.4, 0.5) is 0 Å². The molecule has 2 nitrogen and oxygen atoms in total. The van der Waals surface area contributed by atoms with Crippen molar-refractivity contribution in [1.29, 1.82) is 0 Å². The molecular formula is C33H36NOS+. The number of fused-ring (bicyclic) bond motifs is 5. The Balaban J connectivity index is 1.72. The van der Waals surface area contributed by atoms with Crippen LogP contribution in [-0.2, 0) is 19.9 Å². The highest BCUT2D eigenvalue weighted by molar-refractivity contribution is 7.20. The molecule has 1 aliphatic rings. The Labute approximate surface area is 218 Å². The van der Waals surface area contributed by atoms with Crippen molar-refractivity contribution in [2.45, 2.75) is 61.3 Å². The van der Waals surface area contributed by atoms with E-state index in [0.29, 0.717) is 0 Å². The Morgan fingerprint density at radius 2 is 1.56 bits per heavy atom. The summed E-state index contributed by atoms with van der Waals surface area (Å²) in [4.78, 5) is 1.44. The van der Waals surface area contributed by atoms with Gasteiger partial charge in [0.15, 0.2) is 6.20 Å². The number of aryl methyl sites for hydroxylation is 2. The summed E-state index contributed by atoms with van der Waals surface area (Å²) in [7, 11) is 2.18. The average Bonchev–Trinajstić information content (AvgIpc) is 3.17. The predicted molar refractivity (Wildman–Crippen MR) is 155 cm³/mol. The number of nitrogens with zero attached hydrogens (tertiary/aromatic N) is 1. The lowest BCUT2D eigenvalue weighted by molar-refractivity contribution is -0.659. The van der Waals surface area contributed by atoms with E-state index < -0.39 is 0 Å². The first-order chi connectivity index (χ1) is 16.9. The molecule has 2 aromatic heterocycles. The van der Waals surface area contributed by atoms with Crippen molar-refractivity contribution in [3.05, 3.63) is 64.7 Å². The number of pyridine rings is 1. The lowest BCUT2D eigenvalue weighted by Crippen LogP contribution is -2.32. The summed E-state index contributed by atoms with van der Waals surface area (Å²) in [6.45, 7) is 16.2. The standard InChI is InChI=1S/C33H36NOS/c1-19-22-11-9-10-12-23(22)25(18-33(5,6)7)30-27(19)29-28-24(13-14-34(29)8)31-20(16-26(28)35-30)15-21(36-31)17-32(2,3)4/h9-16H,17-18H2,1-8H3/q+1. The molecule has 0 amide bonds. The number of thiophene rings is 1. The highest BCUT2D eigenvalue weighted by Gasteiger charge is 2.34. The third kappa shape index (κ3) is 3.71. The predicted octanol–water partition coefficient (Wildman–Crippen LogP) is 9.29. The minimum Gasteiger partial charge on any atom is -0.455 e. The fourth-order valence-corrected chi connectivity index (χ4v) is 7.40. The van der Waals surface area contributed by atoms with Crippen LogP contribution in [0.5, 0.6) is 11.5 Å². The third-order valence-corrected chi connectivity index (χ3v) is 8.49. The maximum Gasteiger partial charge on any atom is 0.228 e. The van der Waals surface area contributed by atoms with Gasteiger partial charge in [0, 0.05) is 26.6 Å². The molecule has 0 spiro atoms. The smallest absolute Gasteiger partial charge is 0.228 e. The van der Waals surface area contributed by atoms with E-state index in [1.54, 1.807) is 0 Å². The maximum absolute atomic E-state index is 6.98. The van der Waals surface area contributed by atoms with Gasteiger partial charge in [-0.05, 0) is 64.5 Å². The molecule has 3 heterocycles. The first-order valence-corrected chi connectivity index (χ1v) is 13.8. The second-order valence-corrected chi connectivity index (χ2v) is 14.1. The maximum atomic E-state index is 6.98. The van der Waals surface area contributed by atoms with Crippen LogP contribution in [0.2, 0.25) is 0 Å². The number of ether oxygens (including phenoxy) is 1. The fraction of sp³-hybridized carbons (Fsp3) is 0.364. The van der Waals surface area contributed by atoms with E-state index in [9.17, 15) is 0 Å². The monoisotopic (exact) mass is 494 g/mol. The van der Waals surface area contributed by atoms with Gasteiger partial charge in [-0.25, -0.2) is 4.57 Å². The van der Waals surface area contributed by atoms with E-state index in [2.05, 4.69) is 109 Å². The van der Waals surface area contributed by atoms with Gasteiger partial charge in [-0.1, -0.05) is 65.8 Å². The summed E-state index contributed by atoms with van der Waals surface area (Å²) in [5.74, 6) is 2.03. The van der Waals surface area contributed by atoms with Gasteiger partial charge in [0.2, 0.25) is 5.69 Å². The van der Waals surface area contributed by atoms with Crippen molar-refractivity contribution in [3.8, 4) is 22.8 Å². The van der Waals surface area contributed by atoms with Gasteiger partial charge >= 0.3 is 0 Å². The lowest BCUT2D eigenvalue weighted by atomic mass is 9.81. The van der Waals surface area contributed by atoms with E-state index in [0.717, 1.165) is 24.3 Å². The van der Waals surface area contributed by atoms with Crippen molar-refractivity contribution in [1.82, 2.24) is 0 Å². The first kappa shape index (κ1) is 23.5. The molecule has 0 unspecified atom stereocenters.